The van der Waals surface area contributed by atoms with E-state index < -0.39 is 0 Å². The van der Waals surface area contributed by atoms with Crippen LogP contribution in [0.2, 0.25) is 0 Å². The Hall–Kier alpha value is -3.06. The average molecular weight is 368 g/mol. The molecule has 132 valence electrons. The first-order valence-corrected chi connectivity index (χ1v) is 8.86. The third-order valence-electron chi connectivity index (χ3n) is 3.87. The predicted molar refractivity (Wildman–Crippen MR) is 98.0 cm³/mol. The predicted octanol–water partition coefficient (Wildman–Crippen LogP) is 3.77. The maximum absolute atomic E-state index is 12.1. The Morgan fingerprint density at radius 2 is 2.19 bits per heavy atom. The zero-order chi connectivity index (χ0) is 17.9. The van der Waals surface area contributed by atoms with Gasteiger partial charge in [-0.05, 0) is 42.8 Å². The number of furan rings is 1. The van der Waals surface area contributed by atoms with Crippen LogP contribution in [0.5, 0.6) is 11.5 Å². The molecule has 0 aliphatic carbocycles. The number of fused-ring (bicyclic) bond motifs is 1. The number of nitrogens with one attached hydrogen (secondary N) is 1. The minimum atomic E-state index is -0.171. The van der Waals surface area contributed by atoms with Crippen LogP contribution in [0.15, 0.2) is 47.1 Å². The topological polar surface area (TPSA) is 73.6 Å². The largest absolute Gasteiger partial charge is 0.462 e. The Morgan fingerprint density at radius 3 is 3.04 bits per heavy atom. The quantitative estimate of drug-likeness (QED) is 0.694. The minimum absolute atomic E-state index is 0.171. The number of aryl methyl sites for hydroxylation is 1. The number of thiazole rings is 1. The lowest BCUT2D eigenvalue weighted by Gasteiger charge is -2.01. The van der Waals surface area contributed by atoms with Gasteiger partial charge in [-0.15, -0.1) is 11.3 Å². The number of rotatable bonds is 5. The highest BCUT2D eigenvalue weighted by molar-refractivity contribution is 7.15. The van der Waals surface area contributed by atoms with Gasteiger partial charge in [-0.1, -0.05) is 6.07 Å². The molecule has 0 atom stereocenters. The minimum Gasteiger partial charge on any atom is -0.462 e. The summed E-state index contributed by atoms with van der Waals surface area (Å²) in [6, 6.07) is 9.25. The van der Waals surface area contributed by atoms with Gasteiger partial charge >= 0.3 is 0 Å². The van der Waals surface area contributed by atoms with Gasteiger partial charge in [0.05, 0.1) is 18.5 Å². The summed E-state index contributed by atoms with van der Waals surface area (Å²) in [6.07, 6.45) is 4.86. The van der Waals surface area contributed by atoms with Crippen LogP contribution < -0.4 is 14.8 Å². The maximum atomic E-state index is 12.1. The van der Waals surface area contributed by atoms with Crippen LogP contribution in [-0.4, -0.2) is 17.7 Å². The second-order valence-electron chi connectivity index (χ2n) is 5.67. The van der Waals surface area contributed by atoms with E-state index in [0.29, 0.717) is 12.3 Å². The second kappa shape index (κ2) is 7.05. The van der Waals surface area contributed by atoms with Crippen molar-refractivity contribution >= 4 is 23.3 Å². The molecule has 1 N–H and O–H groups in total. The first-order chi connectivity index (χ1) is 12.7. The number of carbonyl (C=O) groups is 1. The molecule has 0 saturated heterocycles. The molecular formula is C19H16N2O4S. The van der Waals surface area contributed by atoms with Crippen molar-refractivity contribution in [3.05, 3.63) is 58.8 Å². The van der Waals surface area contributed by atoms with Gasteiger partial charge in [0.2, 0.25) is 12.7 Å². The molecule has 0 spiro atoms. The van der Waals surface area contributed by atoms with E-state index in [4.69, 9.17) is 13.9 Å². The van der Waals surface area contributed by atoms with Crippen molar-refractivity contribution in [3.8, 4) is 22.3 Å². The van der Waals surface area contributed by atoms with E-state index in [1.807, 2.05) is 37.3 Å². The highest BCUT2D eigenvalue weighted by Crippen LogP contribution is 2.32. The second-order valence-corrected chi connectivity index (χ2v) is 6.75. The molecule has 0 unspecified atom stereocenters. The van der Waals surface area contributed by atoms with E-state index in [2.05, 4.69) is 10.3 Å². The molecule has 1 amide bonds. The zero-order valence-electron chi connectivity index (χ0n) is 14.0. The molecule has 0 fully saturated rings. The van der Waals surface area contributed by atoms with E-state index in [1.165, 1.54) is 17.4 Å². The molecule has 26 heavy (non-hydrogen) atoms. The number of carbonyl (C=O) groups excluding carboxylic acids is 1. The summed E-state index contributed by atoms with van der Waals surface area (Å²) >= 11 is 1.51. The number of amides is 1. The molecule has 2 aromatic heterocycles. The maximum Gasteiger partial charge on any atom is 0.244 e. The molecule has 6 nitrogen and oxygen atoms in total. The number of hydrogen-bond acceptors (Lipinski definition) is 6. The fourth-order valence-corrected chi connectivity index (χ4v) is 3.48. The van der Waals surface area contributed by atoms with Crippen LogP contribution >= 0.6 is 11.3 Å². The van der Waals surface area contributed by atoms with Crippen molar-refractivity contribution in [3.63, 3.8) is 0 Å². The Labute approximate surface area is 154 Å². The van der Waals surface area contributed by atoms with Gasteiger partial charge in [-0.2, -0.15) is 0 Å². The molecule has 1 aliphatic rings. The molecular weight excluding hydrogens is 352 g/mol. The Balaban J connectivity index is 1.37. The van der Waals surface area contributed by atoms with Crippen LogP contribution in [0, 0.1) is 6.92 Å². The van der Waals surface area contributed by atoms with Crippen LogP contribution in [0.1, 0.15) is 16.1 Å². The summed E-state index contributed by atoms with van der Waals surface area (Å²) in [5, 5.41) is 3.69. The van der Waals surface area contributed by atoms with Crippen molar-refractivity contribution < 1.29 is 18.7 Å². The van der Waals surface area contributed by atoms with Gasteiger partial charge in [0.15, 0.2) is 22.3 Å². The Morgan fingerprint density at radius 1 is 1.31 bits per heavy atom. The summed E-state index contributed by atoms with van der Waals surface area (Å²) < 4.78 is 16.0. The fraction of sp³-hybridized carbons (Fsp3) is 0.158. The van der Waals surface area contributed by atoms with Gasteiger partial charge in [-0.3, -0.25) is 4.79 Å². The van der Waals surface area contributed by atoms with Gasteiger partial charge in [-0.25, -0.2) is 4.98 Å². The highest BCUT2D eigenvalue weighted by Gasteiger charge is 2.13. The van der Waals surface area contributed by atoms with Crippen LogP contribution in [0.4, 0.5) is 0 Å². The smallest absolute Gasteiger partial charge is 0.244 e. The van der Waals surface area contributed by atoms with E-state index in [0.717, 1.165) is 32.7 Å². The average Bonchev–Trinajstić information content (AvgIpc) is 3.38. The third-order valence-corrected chi connectivity index (χ3v) is 5.04. The summed E-state index contributed by atoms with van der Waals surface area (Å²) in [5.41, 5.74) is 1.76. The van der Waals surface area contributed by atoms with Crippen molar-refractivity contribution in [1.29, 1.82) is 0 Å². The fourth-order valence-electron chi connectivity index (χ4n) is 2.51. The number of hydrogen-bond donors (Lipinski definition) is 1. The number of benzene rings is 1. The summed E-state index contributed by atoms with van der Waals surface area (Å²) in [4.78, 5) is 17.6. The Kier molecular flexibility index (Phi) is 4.45. The zero-order valence-corrected chi connectivity index (χ0v) is 14.8. The van der Waals surface area contributed by atoms with Crippen molar-refractivity contribution in [2.75, 3.05) is 6.79 Å². The van der Waals surface area contributed by atoms with Gasteiger partial charge in [0, 0.05) is 11.0 Å². The van der Waals surface area contributed by atoms with Crippen LogP contribution in [0.3, 0.4) is 0 Å². The summed E-state index contributed by atoms with van der Waals surface area (Å²) in [5.74, 6) is 1.98. The van der Waals surface area contributed by atoms with Gasteiger partial charge in [0.25, 0.3) is 0 Å². The Bertz CT molecular complexity index is 960. The molecule has 0 saturated carbocycles. The molecule has 1 aliphatic heterocycles. The summed E-state index contributed by atoms with van der Waals surface area (Å²) in [6.45, 7) is 2.58. The van der Waals surface area contributed by atoms with Crippen LogP contribution in [0.25, 0.3) is 16.8 Å². The lowest BCUT2D eigenvalue weighted by Crippen LogP contribution is -2.20. The monoisotopic (exact) mass is 368 g/mol. The lowest BCUT2D eigenvalue weighted by atomic mass is 10.2. The first kappa shape index (κ1) is 16.4. The standard InChI is InChI=1S/C19H16N2O4S/c1-12-17(26-19(21-12)15-3-2-8-23-15)10-20-18(22)7-5-13-4-6-14-16(9-13)25-11-24-14/h2-9H,10-11H2,1H3,(H,20,22)/b7-5+. The van der Waals surface area contributed by atoms with Gasteiger partial charge in [0.1, 0.15) is 0 Å². The van der Waals surface area contributed by atoms with Crippen molar-refractivity contribution in [1.82, 2.24) is 10.3 Å². The molecule has 1 aromatic carbocycles. The highest BCUT2D eigenvalue weighted by atomic mass is 32.1. The molecule has 0 radical (unpaired) electrons. The van der Waals surface area contributed by atoms with Gasteiger partial charge < -0.3 is 19.2 Å². The normalized spacial score (nSPS) is 12.7. The first-order valence-electron chi connectivity index (χ1n) is 8.05. The number of ether oxygens (including phenoxy) is 2. The molecule has 3 aromatic rings. The summed E-state index contributed by atoms with van der Waals surface area (Å²) in [7, 11) is 0. The van der Waals surface area contributed by atoms with E-state index >= 15 is 0 Å². The number of nitrogens with zero attached hydrogens (tertiary/aromatic N) is 1. The van der Waals surface area contributed by atoms with Crippen molar-refractivity contribution in [2.45, 2.75) is 13.5 Å². The SMILES string of the molecule is Cc1nc(-c2ccco2)sc1CNC(=O)/C=C/c1ccc2c(c1)OCO2. The van der Waals surface area contributed by atoms with Crippen LogP contribution in [-0.2, 0) is 11.3 Å². The lowest BCUT2D eigenvalue weighted by molar-refractivity contribution is -0.116. The molecule has 7 heteroatoms. The molecule has 0 bridgehead atoms. The number of aromatic nitrogens is 1. The van der Waals surface area contributed by atoms with Crippen molar-refractivity contribution in [2.24, 2.45) is 0 Å². The molecule has 3 heterocycles. The van der Waals surface area contributed by atoms with E-state index in [1.54, 1.807) is 12.3 Å². The molecule has 4 rings (SSSR count). The van der Waals surface area contributed by atoms with E-state index in [9.17, 15) is 4.79 Å². The third kappa shape index (κ3) is 3.48. The van der Waals surface area contributed by atoms with E-state index in [-0.39, 0.29) is 12.7 Å².